The highest BCUT2D eigenvalue weighted by atomic mass is 14.9. The molecule has 0 amide bonds. The molecule has 1 rings (SSSR count). The van der Waals surface area contributed by atoms with Gasteiger partial charge < -0.3 is 11.1 Å². The molecule has 0 aromatic heterocycles. The topological polar surface area (TPSA) is 38.0 Å². The summed E-state index contributed by atoms with van der Waals surface area (Å²) in [6.45, 7) is 11.2. The lowest BCUT2D eigenvalue weighted by Gasteiger charge is -2.27. The molecule has 2 nitrogen and oxygen atoms in total. The Morgan fingerprint density at radius 2 is 1.67 bits per heavy atom. The van der Waals surface area contributed by atoms with Gasteiger partial charge in [0.25, 0.3) is 0 Å². The normalized spacial score (nSPS) is 12.1. The first-order valence-electron chi connectivity index (χ1n) is 7.06. The second-order valence-electron chi connectivity index (χ2n) is 5.82. The number of rotatable bonds is 7. The lowest BCUT2D eigenvalue weighted by atomic mass is 9.84. The Bertz CT molecular complexity index is 337. The lowest BCUT2D eigenvalue weighted by Crippen LogP contribution is -2.35. The van der Waals surface area contributed by atoms with Gasteiger partial charge in [-0.25, -0.2) is 0 Å². The molecule has 3 N–H and O–H groups in total. The van der Waals surface area contributed by atoms with E-state index >= 15 is 0 Å². The van der Waals surface area contributed by atoms with Gasteiger partial charge in [0.2, 0.25) is 0 Å². The lowest BCUT2D eigenvalue weighted by molar-refractivity contribution is 0.403. The van der Waals surface area contributed by atoms with Gasteiger partial charge in [-0.2, -0.15) is 0 Å². The molecule has 102 valence electrons. The van der Waals surface area contributed by atoms with Crippen LogP contribution in [0.15, 0.2) is 24.3 Å². The van der Waals surface area contributed by atoms with Crippen LogP contribution in [0.1, 0.15) is 46.1 Å². The van der Waals surface area contributed by atoms with E-state index in [2.05, 4.69) is 45.1 Å². The van der Waals surface area contributed by atoms with Gasteiger partial charge in [-0.15, -0.1) is 0 Å². The Labute approximate surface area is 112 Å². The average molecular weight is 248 g/mol. The summed E-state index contributed by atoms with van der Waals surface area (Å²) >= 11 is 0. The van der Waals surface area contributed by atoms with Crippen LogP contribution < -0.4 is 11.1 Å². The fourth-order valence-corrected chi connectivity index (χ4v) is 2.20. The Hall–Kier alpha value is -1.02. The maximum absolute atomic E-state index is 5.73. The zero-order valence-electron chi connectivity index (χ0n) is 12.3. The Balaban J connectivity index is 2.51. The van der Waals surface area contributed by atoms with Gasteiger partial charge in [-0.3, -0.25) is 0 Å². The van der Waals surface area contributed by atoms with Crippen molar-refractivity contribution in [2.24, 2.45) is 5.92 Å². The molecule has 0 radical (unpaired) electrons. The van der Waals surface area contributed by atoms with Crippen LogP contribution in [0.25, 0.3) is 0 Å². The minimum atomic E-state index is 0.153. The van der Waals surface area contributed by atoms with E-state index in [4.69, 9.17) is 5.73 Å². The van der Waals surface area contributed by atoms with Crippen LogP contribution >= 0.6 is 0 Å². The molecule has 0 unspecified atom stereocenters. The number of hydrogen-bond acceptors (Lipinski definition) is 2. The molecule has 0 spiro atoms. The van der Waals surface area contributed by atoms with Gasteiger partial charge in [-0.1, -0.05) is 52.7 Å². The summed E-state index contributed by atoms with van der Waals surface area (Å²) in [7, 11) is 0. The van der Waals surface area contributed by atoms with Crippen molar-refractivity contribution in [1.82, 2.24) is 5.32 Å². The van der Waals surface area contributed by atoms with Crippen LogP contribution in [-0.4, -0.2) is 13.1 Å². The molecule has 18 heavy (non-hydrogen) atoms. The molecule has 0 saturated carbocycles. The van der Waals surface area contributed by atoms with Gasteiger partial charge in [0, 0.05) is 17.6 Å². The smallest absolute Gasteiger partial charge is 0.0314 e. The molecule has 0 aliphatic heterocycles. The summed E-state index contributed by atoms with van der Waals surface area (Å²) in [6.07, 6.45) is 2.51. The van der Waals surface area contributed by atoms with Crippen molar-refractivity contribution in [3.05, 3.63) is 29.8 Å². The first-order chi connectivity index (χ1) is 8.49. The Kier molecular flexibility index (Phi) is 5.67. The third kappa shape index (κ3) is 4.34. The number of nitrogens with one attached hydrogen (secondary N) is 1. The van der Waals surface area contributed by atoms with E-state index in [1.54, 1.807) is 0 Å². The number of benzene rings is 1. The van der Waals surface area contributed by atoms with Gasteiger partial charge in [-0.05, 0) is 30.2 Å². The second kappa shape index (κ2) is 6.79. The molecule has 1 aromatic rings. The SMILES string of the molecule is CCC(CC)CNCC(C)(C)c1ccc(N)cc1. The number of hydrogen-bond donors (Lipinski definition) is 2. The molecule has 0 heterocycles. The van der Waals surface area contributed by atoms with E-state index < -0.39 is 0 Å². The van der Waals surface area contributed by atoms with E-state index in [1.807, 2.05) is 12.1 Å². The fraction of sp³-hybridized carbons (Fsp3) is 0.625. The zero-order chi connectivity index (χ0) is 13.6. The number of nitrogens with two attached hydrogens (primary N) is 1. The third-order valence-corrected chi connectivity index (χ3v) is 3.85. The highest BCUT2D eigenvalue weighted by Crippen LogP contribution is 2.23. The van der Waals surface area contributed by atoms with Crippen molar-refractivity contribution in [2.75, 3.05) is 18.8 Å². The molecular formula is C16H28N2. The first kappa shape index (κ1) is 15.0. The van der Waals surface area contributed by atoms with Crippen LogP contribution in [-0.2, 0) is 5.41 Å². The van der Waals surface area contributed by atoms with E-state index in [-0.39, 0.29) is 5.41 Å². The van der Waals surface area contributed by atoms with Crippen molar-refractivity contribution < 1.29 is 0 Å². The standard InChI is InChI=1S/C16H28N2/c1-5-13(6-2)11-18-12-16(3,4)14-7-9-15(17)10-8-14/h7-10,13,18H,5-6,11-12,17H2,1-4H3. The summed E-state index contributed by atoms with van der Waals surface area (Å²) < 4.78 is 0. The van der Waals surface area contributed by atoms with Gasteiger partial charge in [0.05, 0.1) is 0 Å². The zero-order valence-corrected chi connectivity index (χ0v) is 12.3. The van der Waals surface area contributed by atoms with Crippen LogP contribution in [0, 0.1) is 5.92 Å². The molecule has 0 aliphatic carbocycles. The first-order valence-corrected chi connectivity index (χ1v) is 7.06. The highest BCUT2D eigenvalue weighted by Gasteiger charge is 2.20. The van der Waals surface area contributed by atoms with E-state index in [1.165, 1.54) is 18.4 Å². The molecule has 0 fully saturated rings. The summed E-state index contributed by atoms with van der Waals surface area (Å²) in [5.41, 5.74) is 8.06. The van der Waals surface area contributed by atoms with Gasteiger partial charge in [0.1, 0.15) is 0 Å². The second-order valence-corrected chi connectivity index (χ2v) is 5.82. The van der Waals surface area contributed by atoms with Crippen molar-refractivity contribution >= 4 is 5.69 Å². The quantitative estimate of drug-likeness (QED) is 0.724. The van der Waals surface area contributed by atoms with Crippen LogP contribution in [0.3, 0.4) is 0 Å². The van der Waals surface area contributed by atoms with Crippen molar-refractivity contribution in [1.29, 1.82) is 0 Å². The number of nitrogen functional groups attached to an aromatic ring is 1. The highest BCUT2D eigenvalue weighted by molar-refractivity contribution is 5.41. The molecule has 0 bridgehead atoms. The van der Waals surface area contributed by atoms with Crippen LogP contribution in [0.2, 0.25) is 0 Å². The predicted molar refractivity (Wildman–Crippen MR) is 80.8 cm³/mol. The minimum Gasteiger partial charge on any atom is -0.399 e. The van der Waals surface area contributed by atoms with E-state index in [9.17, 15) is 0 Å². The summed E-state index contributed by atoms with van der Waals surface area (Å²) in [6, 6.07) is 8.23. The molecular weight excluding hydrogens is 220 g/mol. The van der Waals surface area contributed by atoms with Crippen molar-refractivity contribution in [2.45, 2.75) is 46.0 Å². The molecule has 0 atom stereocenters. The van der Waals surface area contributed by atoms with Crippen molar-refractivity contribution in [3.63, 3.8) is 0 Å². The minimum absolute atomic E-state index is 0.153. The third-order valence-electron chi connectivity index (χ3n) is 3.85. The molecule has 1 aromatic carbocycles. The summed E-state index contributed by atoms with van der Waals surface area (Å²) in [5.74, 6) is 0.798. The molecule has 0 saturated heterocycles. The molecule has 2 heteroatoms. The average Bonchev–Trinajstić information content (AvgIpc) is 2.35. The maximum atomic E-state index is 5.73. The predicted octanol–water partition coefficient (Wildman–Crippen LogP) is 3.57. The van der Waals surface area contributed by atoms with Crippen LogP contribution in [0.5, 0.6) is 0 Å². The van der Waals surface area contributed by atoms with E-state index in [0.717, 1.165) is 24.7 Å². The van der Waals surface area contributed by atoms with Gasteiger partial charge in [0.15, 0.2) is 0 Å². The number of anilines is 1. The maximum Gasteiger partial charge on any atom is 0.0314 e. The summed E-state index contributed by atoms with van der Waals surface area (Å²) in [4.78, 5) is 0. The summed E-state index contributed by atoms with van der Waals surface area (Å²) in [5, 5.41) is 3.61. The monoisotopic (exact) mass is 248 g/mol. The van der Waals surface area contributed by atoms with Crippen LogP contribution in [0.4, 0.5) is 5.69 Å². The van der Waals surface area contributed by atoms with Gasteiger partial charge >= 0.3 is 0 Å². The Morgan fingerprint density at radius 3 is 2.17 bits per heavy atom. The fourth-order valence-electron chi connectivity index (χ4n) is 2.20. The van der Waals surface area contributed by atoms with E-state index in [0.29, 0.717) is 0 Å². The largest absolute Gasteiger partial charge is 0.399 e. The Morgan fingerprint density at radius 1 is 1.11 bits per heavy atom. The molecule has 0 aliphatic rings. The van der Waals surface area contributed by atoms with Crippen molar-refractivity contribution in [3.8, 4) is 0 Å².